The average Bonchev–Trinajstić information content (AvgIpc) is 2.81. The second-order valence-electron chi connectivity index (χ2n) is 7.29. The molecule has 2 rings (SSSR count). The number of nitrogens with one attached hydrogen (secondary N) is 2. The molecule has 2 aromatic carbocycles. The van der Waals surface area contributed by atoms with Gasteiger partial charge in [-0.15, -0.1) is 0 Å². The van der Waals surface area contributed by atoms with Crippen molar-refractivity contribution in [1.29, 1.82) is 0 Å². The summed E-state index contributed by atoms with van der Waals surface area (Å²) in [4.78, 5) is 18.4. The number of carbonyl (C=O) groups excluding carboxylic acids is 1. The van der Waals surface area contributed by atoms with E-state index in [1.54, 1.807) is 46.4 Å². The standard InChI is InChI=1S/C24H34N4O4/c1-7-25-24(26-12-11-17-9-8-10-18(13-17)23(29)28(2)3)27-16-19-14-21(31-5)22(32-6)15-20(19)30-4/h8-10,13-15H,7,11-12,16H2,1-6H3,(H2,25,26,27). The number of carbonyl (C=O) groups is 1. The second kappa shape index (κ2) is 12.4. The van der Waals surface area contributed by atoms with E-state index in [-0.39, 0.29) is 5.91 Å². The molecule has 0 aliphatic rings. The first-order valence-corrected chi connectivity index (χ1v) is 10.5. The van der Waals surface area contributed by atoms with Gasteiger partial charge in [0, 0.05) is 44.4 Å². The van der Waals surface area contributed by atoms with Gasteiger partial charge in [0.2, 0.25) is 0 Å². The molecule has 0 aromatic heterocycles. The van der Waals surface area contributed by atoms with E-state index in [1.165, 1.54) is 0 Å². The van der Waals surface area contributed by atoms with Crippen molar-refractivity contribution < 1.29 is 19.0 Å². The van der Waals surface area contributed by atoms with E-state index >= 15 is 0 Å². The van der Waals surface area contributed by atoms with Gasteiger partial charge >= 0.3 is 0 Å². The molecular formula is C24H34N4O4. The Labute approximate surface area is 190 Å². The van der Waals surface area contributed by atoms with E-state index in [4.69, 9.17) is 14.2 Å². The van der Waals surface area contributed by atoms with Crippen LogP contribution in [0.3, 0.4) is 0 Å². The van der Waals surface area contributed by atoms with Crippen molar-refractivity contribution in [2.45, 2.75) is 19.9 Å². The molecule has 0 bridgehead atoms. The van der Waals surface area contributed by atoms with Crippen LogP contribution in [0, 0.1) is 0 Å². The van der Waals surface area contributed by atoms with Crippen molar-refractivity contribution in [3.8, 4) is 17.2 Å². The summed E-state index contributed by atoms with van der Waals surface area (Å²) >= 11 is 0. The normalized spacial score (nSPS) is 11.0. The molecule has 0 aliphatic carbocycles. The van der Waals surface area contributed by atoms with Gasteiger partial charge in [-0.3, -0.25) is 4.79 Å². The molecule has 0 radical (unpaired) electrons. The van der Waals surface area contributed by atoms with Gasteiger partial charge in [0.25, 0.3) is 5.91 Å². The summed E-state index contributed by atoms with van der Waals surface area (Å²) < 4.78 is 16.2. The van der Waals surface area contributed by atoms with Gasteiger partial charge in [-0.2, -0.15) is 0 Å². The zero-order valence-electron chi connectivity index (χ0n) is 19.8. The highest BCUT2D eigenvalue weighted by Crippen LogP contribution is 2.34. The minimum Gasteiger partial charge on any atom is -0.496 e. The Morgan fingerprint density at radius 3 is 2.28 bits per heavy atom. The van der Waals surface area contributed by atoms with Crippen molar-refractivity contribution in [2.75, 3.05) is 48.5 Å². The fourth-order valence-electron chi connectivity index (χ4n) is 3.17. The van der Waals surface area contributed by atoms with E-state index in [2.05, 4.69) is 15.6 Å². The number of hydrogen-bond acceptors (Lipinski definition) is 5. The minimum atomic E-state index is -0.00132. The molecule has 32 heavy (non-hydrogen) atoms. The number of hydrogen-bond donors (Lipinski definition) is 2. The summed E-state index contributed by atoms with van der Waals surface area (Å²) in [6.07, 6.45) is 0.763. The molecule has 0 spiro atoms. The van der Waals surface area contributed by atoms with Gasteiger partial charge in [0.05, 0.1) is 27.9 Å². The van der Waals surface area contributed by atoms with Crippen LogP contribution in [-0.4, -0.2) is 65.3 Å². The monoisotopic (exact) mass is 442 g/mol. The smallest absolute Gasteiger partial charge is 0.253 e. The van der Waals surface area contributed by atoms with Crippen LogP contribution < -0.4 is 24.8 Å². The van der Waals surface area contributed by atoms with Gasteiger partial charge in [-0.05, 0) is 37.1 Å². The number of ether oxygens (including phenoxy) is 3. The Morgan fingerprint density at radius 2 is 1.66 bits per heavy atom. The van der Waals surface area contributed by atoms with E-state index in [9.17, 15) is 4.79 Å². The molecule has 0 unspecified atom stereocenters. The molecule has 0 saturated heterocycles. The highest BCUT2D eigenvalue weighted by molar-refractivity contribution is 5.94. The van der Waals surface area contributed by atoms with Crippen LogP contribution in [-0.2, 0) is 13.0 Å². The lowest BCUT2D eigenvalue weighted by atomic mass is 10.1. The van der Waals surface area contributed by atoms with Crippen molar-refractivity contribution in [1.82, 2.24) is 15.5 Å². The van der Waals surface area contributed by atoms with Crippen LogP contribution >= 0.6 is 0 Å². The van der Waals surface area contributed by atoms with E-state index in [1.807, 2.05) is 37.3 Å². The topological polar surface area (TPSA) is 84.4 Å². The van der Waals surface area contributed by atoms with Gasteiger partial charge in [0.1, 0.15) is 5.75 Å². The summed E-state index contributed by atoms with van der Waals surface area (Å²) in [5.74, 6) is 2.62. The predicted octanol–water partition coefficient (Wildman–Crippen LogP) is 2.71. The highest BCUT2D eigenvalue weighted by atomic mass is 16.5. The third-order valence-electron chi connectivity index (χ3n) is 4.82. The van der Waals surface area contributed by atoms with Crippen molar-refractivity contribution >= 4 is 11.9 Å². The molecule has 2 N–H and O–H groups in total. The van der Waals surface area contributed by atoms with E-state index in [0.717, 1.165) is 24.1 Å². The number of amides is 1. The lowest BCUT2D eigenvalue weighted by Crippen LogP contribution is -2.38. The Bertz CT molecular complexity index is 928. The number of nitrogens with zero attached hydrogens (tertiary/aromatic N) is 2. The van der Waals surface area contributed by atoms with Crippen LogP contribution in [0.2, 0.25) is 0 Å². The first kappa shape index (κ1) is 24.8. The van der Waals surface area contributed by atoms with Gasteiger partial charge in [-0.25, -0.2) is 4.99 Å². The summed E-state index contributed by atoms with van der Waals surface area (Å²) in [6, 6.07) is 11.4. The number of guanidine groups is 1. The van der Waals surface area contributed by atoms with Crippen molar-refractivity contribution in [3.63, 3.8) is 0 Å². The molecule has 1 amide bonds. The third-order valence-corrected chi connectivity index (χ3v) is 4.82. The maximum atomic E-state index is 12.2. The molecule has 8 heteroatoms. The number of methoxy groups -OCH3 is 3. The van der Waals surface area contributed by atoms with Gasteiger partial charge in [0.15, 0.2) is 17.5 Å². The highest BCUT2D eigenvalue weighted by Gasteiger charge is 2.12. The molecular weight excluding hydrogens is 408 g/mol. The number of rotatable bonds is 10. The summed E-state index contributed by atoms with van der Waals surface area (Å²) in [5.41, 5.74) is 2.66. The molecule has 0 aliphatic heterocycles. The summed E-state index contributed by atoms with van der Waals surface area (Å²) in [7, 11) is 8.32. The molecule has 0 saturated carbocycles. The molecule has 174 valence electrons. The van der Waals surface area contributed by atoms with Crippen LogP contribution in [0.4, 0.5) is 0 Å². The zero-order chi connectivity index (χ0) is 23.5. The van der Waals surface area contributed by atoms with Crippen LogP contribution in [0.5, 0.6) is 17.2 Å². The largest absolute Gasteiger partial charge is 0.496 e. The minimum absolute atomic E-state index is 0.00132. The van der Waals surface area contributed by atoms with E-state index in [0.29, 0.717) is 41.9 Å². The van der Waals surface area contributed by atoms with Gasteiger partial charge in [-0.1, -0.05) is 12.1 Å². The Morgan fingerprint density at radius 1 is 0.969 bits per heavy atom. The Kier molecular flexibility index (Phi) is 9.66. The lowest BCUT2D eigenvalue weighted by molar-refractivity contribution is 0.0827. The first-order chi connectivity index (χ1) is 15.4. The number of aliphatic imine (C=N–C) groups is 1. The maximum Gasteiger partial charge on any atom is 0.253 e. The fraction of sp³-hybridized carbons (Fsp3) is 0.417. The fourth-order valence-corrected chi connectivity index (χ4v) is 3.17. The summed E-state index contributed by atoms with van der Waals surface area (Å²) in [5, 5.41) is 6.60. The predicted molar refractivity (Wildman–Crippen MR) is 127 cm³/mol. The van der Waals surface area contributed by atoms with E-state index < -0.39 is 0 Å². The Hall–Kier alpha value is -3.42. The maximum absolute atomic E-state index is 12.2. The van der Waals surface area contributed by atoms with Crippen LogP contribution in [0.25, 0.3) is 0 Å². The van der Waals surface area contributed by atoms with Gasteiger partial charge < -0.3 is 29.7 Å². The molecule has 0 atom stereocenters. The average molecular weight is 443 g/mol. The third kappa shape index (κ3) is 6.80. The summed E-state index contributed by atoms with van der Waals surface area (Å²) in [6.45, 7) is 3.84. The van der Waals surface area contributed by atoms with Crippen LogP contribution in [0.15, 0.2) is 41.4 Å². The molecule has 2 aromatic rings. The number of benzene rings is 2. The lowest BCUT2D eigenvalue weighted by Gasteiger charge is -2.15. The molecule has 0 fully saturated rings. The SMILES string of the molecule is CCNC(=NCc1cc(OC)c(OC)cc1OC)NCCc1cccc(C(=O)N(C)C)c1. The quantitative estimate of drug-likeness (QED) is 0.435. The first-order valence-electron chi connectivity index (χ1n) is 10.5. The van der Waals surface area contributed by atoms with Crippen molar-refractivity contribution in [2.24, 2.45) is 4.99 Å². The molecule has 8 nitrogen and oxygen atoms in total. The van der Waals surface area contributed by atoms with Crippen molar-refractivity contribution in [3.05, 3.63) is 53.1 Å². The Balaban J connectivity index is 2.07. The van der Waals surface area contributed by atoms with Crippen LogP contribution in [0.1, 0.15) is 28.4 Å². The zero-order valence-corrected chi connectivity index (χ0v) is 19.8. The second-order valence-corrected chi connectivity index (χ2v) is 7.29. The molecule has 0 heterocycles.